The number of aromatic amines is 1. The van der Waals surface area contributed by atoms with E-state index in [1.165, 1.54) is 0 Å². The van der Waals surface area contributed by atoms with Gasteiger partial charge in [0.05, 0.1) is 0 Å². The van der Waals surface area contributed by atoms with Gasteiger partial charge in [0.2, 0.25) is 5.91 Å². The molecule has 1 atom stereocenters. The van der Waals surface area contributed by atoms with Crippen LogP contribution in [0.1, 0.15) is 29.2 Å². The molecule has 1 amide bonds. The van der Waals surface area contributed by atoms with Gasteiger partial charge < -0.3 is 10.3 Å². The van der Waals surface area contributed by atoms with Gasteiger partial charge in [-0.15, -0.1) is 0 Å². The molecule has 0 spiro atoms. The van der Waals surface area contributed by atoms with Gasteiger partial charge in [-0.05, 0) is 23.3 Å². The largest absolute Gasteiger partial charge is 0.364 e. The molecule has 3 nitrogen and oxygen atoms in total. The second-order valence-electron chi connectivity index (χ2n) is 5.56. The van der Waals surface area contributed by atoms with E-state index >= 15 is 0 Å². The minimum absolute atomic E-state index is 0.0435. The lowest BCUT2D eigenvalue weighted by Gasteiger charge is -2.16. The minimum Gasteiger partial charge on any atom is -0.364 e. The van der Waals surface area contributed by atoms with Gasteiger partial charge in [-0.3, -0.25) is 4.79 Å². The standard InChI is InChI=1S/C20H20N2O/c23-20(22-15-16-8-3-1-4-9-16)14-18(19-12-7-13-21-19)17-10-5-2-6-11-17/h1-13,18,21H,14-15H2,(H,22,23). The lowest BCUT2D eigenvalue weighted by atomic mass is 9.92. The van der Waals surface area contributed by atoms with Crippen molar-refractivity contribution in [1.82, 2.24) is 10.3 Å². The van der Waals surface area contributed by atoms with E-state index < -0.39 is 0 Å². The van der Waals surface area contributed by atoms with Crippen LogP contribution in [0.4, 0.5) is 0 Å². The summed E-state index contributed by atoms with van der Waals surface area (Å²) in [5, 5.41) is 3.01. The average Bonchev–Trinajstić information content (AvgIpc) is 3.14. The molecule has 0 radical (unpaired) electrons. The molecule has 1 heterocycles. The number of hydrogen-bond acceptors (Lipinski definition) is 1. The second kappa shape index (κ2) is 7.45. The molecule has 0 aliphatic heterocycles. The maximum Gasteiger partial charge on any atom is 0.221 e. The molecule has 0 aliphatic rings. The third-order valence-corrected chi connectivity index (χ3v) is 3.92. The number of nitrogens with one attached hydrogen (secondary N) is 2. The van der Waals surface area contributed by atoms with E-state index in [1.54, 1.807) is 0 Å². The van der Waals surface area contributed by atoms with E-state index in [-0.39, 0.29) is 11.8 Å². The van der Waals surface area contributed by atoms with Gasteiger partial charge in [-0.2, -0.15) is 0 Å². The van der Waals surface area contributed by atoms with Crippen molar-refractivity contribution < 1.29 is 4.79 Å². The molecule has 116 valence electrons. The van der Waals surface area contributed by atoms with Gasteiger partial charge in [0.15, 0.2) is 0 Å². The fourth-order valence-corrected chi connectivity index (χ4v) is 2.71. The Balaban J connectivity index is 1.68. The molecule has 1 aromatic heterocycles. The summed E-state index contributed by atoms with van der Waals surface area (Å²) in [6.07, 6.45) is 2.32. The minimum atomic E-state index is 0.0435. The Kier molecular flexibility index (Phi) is 4.89. The number of rotatable bonds is 6. The van der Waals surface area contributed by atoms with Crippen molar-refractivity contribution in [3.8, 4) is 0 Å². The lowest BCUT2D eigenvalue weighted by molar-refractivity contribution is -0.121. The maximum absolute atomic E-state index is 12.4. The molecular weight excluding hydrogens is 284 g/mol. The third kappa shape index (κ3) is 4.10. The first kappa shape index (κ1) is 15.1. The number of aromatic nitrogens is 1. The van der Waals surface area contributed by atoms with Crippen LogP contribution in [0.25, 0.3) is 0 Å². The van der Waals surface area contributed by atoms with Crippen molar-refractivity contribution in [2.75, 3.05) is 0 Å². The van der Waals surface area contributed by atoms with Gasteiger partial charge in [-0.25, -0.2) is 0 Å². The molecular formula is C20H20N2O. The summed E-state index contributed by atoms with van der Waals surface area (Å²) in [7, 11) is 0. The topological polar surface area (TPSA) is 44.9 Å². The van der Waals surface area contributed by atoms with Crippen LogP contribution in [0, 0.1) is 0 Å². The van der Waals surface area contributed by atoms with E-state index in [9.17, 15) is 4.79 Å². The van der Waals surface area contributed by atoms with E-state index in [4.69, 9.17) is 0 Å². The van der Waals surface area contributed by atoms with Crippen molar-refractivity contribution in [2.45, 2.75) is 18.9 Å². The monoisotopic (exact) mass is 304 g/mol. The Bertz CT molecular complexity index is 721. The molecule has 3 rings (SSSR count). The predicted molar refractivity (Wildman–Crippen MR) is 92.0 cm³/mol. The number of carbonyl (C=O) groups is 1. The summed E-state index contributed by atoms with van der Waals surface area (Å²) in [5.41, 5.74) is 3.31. The molecule has 3 aromatic rings. The van der Waals surface area contributed by atoms with Crippen molar-refractivity contribution >= 4 is 5.91 Å². The third-order valence-electron chi connectivity index (χ3n) is 3.92. The number of carbonyl (C=O) groups excluding carboxylic acids is 1. The first-order chi connectivity index (χ1) is 11.3. The summed E-state index contributed by atoms with van der Waals surface area (Å²) in [4.78, 5) is 15.6. The molecule has 0 saturated heterocycles. The van der Waals surface area contributed by atoms with Gasteiger partial charge in [-0.1, -0.05) is 60.7 Å². The highest BCUT2D eigenvalue weighted by Gasteiger charge is 2.18. The first-order valence-corrected chi connectivity index (χ1v) is 7.82. The number of H-pyrrole nitrogens is 1. The Morgan fingerprint density at radius 1 is 0.913 bits per heavy atom. The summed E-state index contributed by atoms with van der Waals surface area (Å²) in [5.74, 6) is 0.0966. The van der Waals surface area contributed by atoms with E-state index in [0.29, 0.717) is 13.0 Å². The van der Waals surface area contributed by atoms with Crippen LogP contribution < -0.4 is 5.32 Å². The van der Waals surface area contributed by atoms with E-state index in [2.05, 4.69) is 22.4 Å². The molecule has 2 aromatic carbocycles. The summed E-state index contributed by atoms with van der Waals surface area (Å²) in [6.45, 7) is 0.561. The van der Waals surface area contributed by atoms with Crippen LogP contribution in [0.15, 0.2) is 79.0 Å². The van der Waals surface area contributed by atoms with Gasteiger partial charge in [0, 0.05) is 30.8 Å². The summed E-state index contributed by atoms with van der Waals surface area (Å²) in [6, 6.07) is 24.1. The number of benzene rings is 2. The number of amides is 1. The zero-order chi connectivity index (χ0) is 15.9. The highest BCUT2D eigenvalue weighted by atomic mass is 16.1. The molecule has 0 aliphatic carbocycles. The van der Waals surface area contributed by atoms with Crippen LogP contribution in [0.5, 0.6) is 0 Å². The Morgan fingerprint density at radius 2 is 1.61 bits per heavy atom. The Hall–Kier alpha value is -2.81. The smallest absolute Gasteiger partial charge is 0.221 e. The molecule has 2 N–H and O–H groups in total. The molecule has 0 saturated carbocycles. The summed E-state index contributed by atoms with van der Waals surface area (Å²) >= 11 is 0. The van der Waals surface area contributed by atoms with Gasteiger partial charge >= 0.3 is 0 Å². The molecule has 0 fully saturated rings. The number of hydrogen-bond donors (Lipinski definition) is 2. The molecule has 23 heavy (non-hydrogen) atoms. The first-order valence-electron chi connectivity index (χ1n) is 7.82. The van der Waals surface area contributed by atoms with Crippen molar-refractivity contribution in [1.29, 1.82) is 0 Å². The lowest BCUT2D eigenvalue weighted by Crippen LogP contribution is -2.25. The van der Waals surface area contributed by atoms with Crippen molar-refractivity contribution in [2.24, 2.45) is 0 Å². The van der Waals surface area contributed by atoms with E-state index in [1.807, 2.05) is 66.9 Å². The quantitative estimate of drug-likeness (QED) is 0.714. The maximum atomic E-state index is 12.4. The van der Waals surface area contributed by atoms with Gasteiger partial charge in [0.1, 0.15) is 0 Å². The molecule has 1 unspecified atom stereocenters. The van der Waals surface area contributed by atoms with Gasteiger partial charge in [0.25, 0.3) is 0 Å². The van der Waals surface area contributed by atoms with E-state index in [0.717, 1.165) is 16.8 Å². The highest BCUT2D eigenvalue weighted by molar-refractivity contribution is 5.77. The van der Waals surface area contributed by atoms with Crippen molar-refractivity contribution in [3.63, 3.8) is 0 Å². The fourth-order valence-electron chi connectivity index (χ4n) is 2.71. The van der Waals surface area contributed by atoms with Crippen LogP contribution in [-0.4, -0.2) is 10.9 Å². The zero-order valence-corrected chi connectivity index (χ0v) is 12.9. The predicted octanol–water partition coefficient (Wildman–Crippen LogP) is 3.85. The van der Waals surface area contributed by atoms with Crippen LogP contribution in [0.2, 0.25) is 0 Å². The fraction of sp³-hybridized carbons (Fsp3) is 0.150. The second-order valence-corrected chi connectivity index (χ2v) is 5.56. The average molecular weight is 304 g/mol. The van der Waals surface area contributed by atoms with Crippen LogP contribution in [-0.2, 0) is 11.3 Å². The highest BCUT2D eigenvalue weighted by Crippen LogP contribution is 2.26. The van der Waals surface area contributed by atoms with Crippen LogP contribution >= 0.6 is 0 Å². The van der Waals surface area contributed by atoms with Crippen LogP contribution in [0.3, 0.4) is 0 Å². The zero-order valence-electron chi connectivity index (χ0n) is 12.9. The SMILES string of the molecule is O=C(CC(c1ccccc1)c1ccc[nH]1)NCc1ccccc1. The Labute approximate surface area is 136 Å². The normalized spacial score (nSPS) is 11.8. The Morgan fingerprint density at radius 3 is 2.26 bits per heavy atom. The van der Waals surface area contributed by atoms with Crippen molar-refractivity contribution in [3.05, 3.63) is 95.8 Å². The summed E-state index contributed by atoms with van der Waals surface area (Å²) < 4.78 is 0. The molecule has 3 heteroatoms. The molecule has 0 bridgehead atoms.